The Morgan fingerprint density at radius 3 is 0.783 bits per heavy atom. The molecule has 0 bridgehead atoms. The molecule has 0 aliphatic carbocycles. The van der Waals surface area contributed by atoms with Crippen LogP contribution in [0.25, 0.3) is 0 Å². The van der Waals surface area contributed by atoms with Crippen LogP contribution in [0, 0.1) is 0 Å². The van der Waals surface area contributed by atoms with Crippen molar-refractivity contribution in [2.45, 2.75) is 238 Å². The van der Waals surface area contributed by atoms with E-state index in [1.54, 1.807) is 0 Å². The Morgan fingerprint density at radius 2 is 0.565 bits per heavy atom. The van der Waals surface area contributed by atoms with Gasteiger partial charge in [0.2, 0.25) is 0 Å². The van der Waals surface area contributed by atoms with Gasteiger partial charge in [-0.15, -0.1) is 0 Å². The summed E-state index contributed by atoms with van der Waals surface area (Å²) in [4.78, 5) is 23.9. The Balaban J connectivity index is 3.36. The van der Waals surface area contributed by atoms with E-state index in [0.29, 0.717) is 12.8 Å². The number of carbonyl (C=O) groups excluding carboxylic acids is 2. The molecular weight excluding hydrogens is 572 g/mol. The molecule has 0 unspecified atom stereocenters. The third-order valence-corrected chi connectivity index (χ3v) is 9.34. The van der Waals surface area contributed by atoms with Gasteiger partial charge in [-0.2, -0.15) is 0 Å². The zero-order valence-corrected chi connectivity index (χ0v) is 31.1. The summed E-state index contributed by atoms with van der Waals surface area (Å²) in [6.45, 7) is 4.33. The van der Waals surface area contributed by atoms with E-state index in [0.717, 1.165) is 25.7 Å². The first-order chi connectivity index (χ1) is 22.6. The van der Waals surface area contributed by atoms with Gasteiger partial charge >= 0.3 is 11.9 Å². The SMILES string of the molecule is CCCCCCCCCCCCCCCCCCC(=O)OCC(O)COC(=O)CCCCCCCCCCCCCCCCCC. The van der Waals surface area contributed by atoms with Crippen LogP contribution in [0.2, 0.25) is 0 Å². The third-order valence-electron chi connectivity index (χ3n) is 9.34. The molecule has 5 heteroatoms. The quantitative estimate of drug-likeness (QED) is 0.0531. The average Bonchev–Trinajstić information content (AvgIpc) is 3.06. The molecule has 1 N–H and O–H groups in total. The number of esters is 2. The van der Waals surface area contributed by atoms with Crippen molar-refractivity contribution < 1.29 is 24.2 Å². The molecule has 0 aromatic rings. The van der Waals surface area contributed by atoms with Crippen molar-refractivity contribution in [3.63, 3.8) is 0 Å². The lowest BCUT2D eigenvalue weighted by molar-refractivity contribution is -0.152. The maximum atomic E-state index is 12.0. The van der Waals surface area contributed by atoms with Gasteiger partial charge < -0.3 is 14.6 Å². The number of hydrogen-bond acceptors (Lipinski definition) is 5. The average molecular weight is 653 g/mol. The molecule has 0 heterocycles. The van der Waals surface area contributed by atoms with E-state index < -0.39 is 6.10 Å². The number of rotatable bonds is 38. The molecule has 0 atom stereocenters. The number of aliphatic hydroxyl groups is 1. The molecule has 0 aliphatic rings. The van der Waals surface area contributed by atoms with Crippen molar-refractivity contribution in [3.05, 3.63) is 0 Å². The zero-order valence-electron chi connectivity index (χ0n) is 31.1. The molecule has 0 aromatic carbocycles. The largest absolute Gasteiger partial charge is 0.463 e. The van der Waals surface area contributed by atoms with Crippen LogP contribution in [0.1, 0.15) is 232 Å². The van der Waals surface area contributed by atoms with Gasteiger partial charge in [-0.05, 0) is 12.8 Å². The van der Waals surface area contributed by atoms with Crippen LogP contribution in [-0.4, -0.2) is 36.4 Å². The van der Waals surface area contributed by atoms with Crippen LogP contribution in [0.4, 0.5) is 0 Å². The highest BCUT2D eigenvalue weighted by atomic mass is 16.6. The second-order valence-electron chi connectivity index (χ2n) is 14.1. The zero-order chi connectivity index (χ0) is 33.6. The predicted octanol–water partition coefficient (Wildman–Crippen LogP) is 12.7. The van der Waals surface area contributed by atoms with Crippen LogP contribution in [0.5, 0.6) is 0 Å². The second-order valence-corrected chi connectivity index (χ2v) is 14.1. The van der Waals surface area contributed by atoms with Gasteiger partial charge in [0.15, 0.2) is 0 Å². The van der Waals surface area contributed by atoms with Gasteiger partial charge in [0.25, 0.3) is 0 Å². The van der Waals surface area contributed by atoms with Gasteiger partial charge in [-0.3, -0.25) is 9.59 Å². The van der Waals surface area contributed by atoms with Crippen molar-refractivity contribution in [2.75, 3.05) is 13.2 Å². The molecule has 46 heavy (non-hydrogen) atoms. The van der Waals surface area contributed by atoms with Crippen LogP contribution in [-0.2, 0) is 19.1 Å². The smallest absolute Gasteiger partial charge is 0.305 e. The topological polar surface area (TPSA) is 72.8 Å². The fourth-order valence-electron chi connectivity index (χ4n) is 6.21. The van der Waals surface area contributed by atoms with Crippen LogP contribution in [0.3, 0.4) is 0 Å². The molecule has 274 valence electrons. The van der Waals surface area contributed by atoms with E-state index in [4.69, 9.17) is 9.47 Å². The molecule has 0 fully saturated rings. The predicted molar refractivity (Wildman–Crippen MR) is 196 cm³/mol. The summed E-state index contributed by atoms with van der Waals surface area (Å²) in [6.07, 6.45) is 41.6. The number of unbranched alkanes of at least 4 members (excludes halogenated alkanes) is 30. The van der Waals surface area contributed by atoms with Crippen LogP contribution >= 0.6 is 0 Å². The summed E-state index contributed by atoms with van der Waals surface area (Å²) < 4.78 is 10.3. The van der Waals surface area contributed by atoms with E-state index in [1.807, 2.05) is 0 Å². The highest BCUT2D eigenvalue weighted by molar-refractivity contribution is 5.69. The second kappa shape index (κ2) is 38.3. The highest BCUT2D eigenvalue weighted by Gasteiger charge is 2.12. The van der Waals surface area contributed by atoms with E-state index in [1.165, 1.54) is 180 Å². The summed E-state index contributed by atoms with van der Waals surface area (Å²) in [5.41, 5.74) is 0. The van der Waals surface area contributed by atoms with Crippen LogP contribution < -0.4 is 0 Å². The number of ether oxygens (including phenoxy) is 2. The molecule has 0 saturated carbocycles. The Labute approximate surface area is 287 Å². The molecular formula is C41H80O5. The first-order valence-electron chi connectivity index (χ1n) is 20.6. The molecule has 0 amide bonds. The molecule has 0 radical (unpaired) electrons. The standard InChI is InChI=1S/C41H80O5/c1-3-5-7-9-11-13-15-17-19-21-23-25-27-29-31-33-35-40(43)45-37-39(42)38-46-41(44)36-34-32-30-28-26-24-22-20-18-16-14-12-10-8-6-4-2/h39,42H,3-38H2,1-2H3. The minimum atomic E-state index is -0.954. The fraction of sp³-hybridized carbons (Fsp3) is 0.951. The lowest BCUT2D eigenvalue weighted by Gasteiger charge is -2.12. The lowest BCUT2D eigenvalue weighted by Crippen LogP contribution is -2.25. The Kier molecular flexibility index (Phi) is 37.4. The normalized spacial score (nSPS) is 11.4. The number of aliphatic hydroxyl groups excluding tert-OH is 1. The third kappa shape index (κ3) is 37.4. The Bertz CT molecular complexity index is 570. The summed E-state index contributed by atoms with van der Waals surface area (Å²) in [7, 11) is 0. The van der Waals surface area contributed by atoms with Gasteiger partial charge in [-0.1, -0.05) is 206 Å². The van der Waals surface area contributed by atoms with Gasteiger partial charge in [0, 0.05) is 12.8 Å². The van der Waals surface area contributed by atoms with E-state index in [9.17, 15) is 14.7 Å². The van der Waals surface area contributed by atoms with Gasteiger partial charge in [0.1, 0.15) is 19.3 Å². The van der Waals surface area contributed by atoms with E-state index in [2.05, 4.69) is 13.8 Å². The van der Waals surface area contributed by atoms with Crippen molar-refractivity contribution in [1.29, 1.82) is 0 Å². The monoisotopic (exact) mass is 653 g/mol. The Hall–Kier alpha value is -1.10. The number of hydrogen-bond donors (Lipinski definition) is 1. The molecule has 0 aromatic heterocycles. The molecule has 0 rings (SSSR count). The lowest BCUT2D eigenvalue weighted by atomic mass is 10.0. The van der Waals surface area contributed by atoms with E-state index in [-0.39, 0.29) is 25.2 Å². The first-order valence-corrected chi connectivity index (χ1v) is 20.6. The summed E-state index contributed by atoms with van der Waals surface area (Å²) in [6, 6.07) is 0. The first kappa shape index (κ1) is 44.9. The van der Waals surface area contributed by atoms with Gasteiger partial charge in [-0.25, -0.2) is 0 Å². The molecule has 0 spiro atoms. The van der Waals surface area contributed by atoms with E-state index >= 15 is 0 Å². The van der Waals surface area contributed by atoms with Gasteiger partial charge in [0.05, 0.1) is 0 Å². The van der Waals surface area contributed by atoms with Crippen molar-refractivity contribution >= 4 is 11.9 Å². The maximum Gasteiger partial charge on any atom is 0.305 e. The Morgan fingerprint density at radius 1 is 0.370 bits per heavy atom. The minimum Gasteiger partial charge on any atom is -0.463 e. The summed E-state index contributed by atoms with van der Waals surface area (Å²) in [5.74, 6) is -0.548. The highest BCUT2D eigenvalue weighted by Crippen LogP contribution is 2.16. The van der Waals surface area contributed by atoms with Crippen molar-refractivity contribution in [3.8, 4) is 0 Å². The fourth-order valence-corrected chi connectivity index (χ4v) is 6.21. The molecule has 0 saturated heterocycles. The minimum absolute atomic E-state index is 0.107. The van der Waals surface area contributed by atoms with Crippen LogP contribution in [0.15, 0.2) is 0 Å². The number of carbonyl (C=O) groups is 2. The van der Waals surface area contributed by atoms with Crippen molar-refractivity contribution in [1.82, 2.24) is 0 Å². The maximum absolute atomic E-state index is 12.0. The van der Waals surface area contributed by atoms with Crippen molar-refractivity contribution in [2.24, 2.45) is 0 Å². The molecule has 0 aliphatic heterocycles. The summed E-state index contributed by atoms with van der Waals surface area (Å²) >= 11 is 0. The molecule has 5 nitrogen and oxygen atoms in total. The summed E-state index contributed by atoms with van der Waals surface area (Å²) in [5, 5.41) is 10.0.